The molecule has 2 unspecified atom stereocenters. The maximum atomic E-state index is 12.7. The van der Waals surface area contributed by atoms with Gasteiger partial charge in [0.2, 0.25) is 0 Å². The monoisotopic (exact) mass is 320 g/mol. The van der Waals surface area contributed by atoms with Crippen molar-refractivity contribution in [2.45, 2.75) is 25.0 Å². The van der Waals surface area contributed by atoms with E-state index in [0.29, 0.717) is 17.5 Å². The molecule has 0 saturated carbocycles. The molecule has 0 spiro atoms. The van der Waals surface area contributed by atoms with Gasteiger partial charge in [0.05, 0.1) is 35.8 Å². The van der Waals surface area contributed by atoms with Crippen molar-refractivity contribution in [1.29, 1.82) is 5.26 Å². The first-order chi connectivity index (χ1) is 11.6. The molecule has 5 heteroatoms. The molecular weight excluding hydrogens is 304 g/mol. The van der Waals surface area contributed by atoms with Crippen molar-refractivity contribution >= 4 is 11.8 Å². The van der Waals surface area contributed by atoms with Gasteiger partial charge in [-0.1, -0.05) is 42.5 Å². The summed E-state index contributed by atoms with van der Waals surface area (Å²) in [6.07, 6.45) is -0.947. The molecule has 5 nitrogen and oxygen atoms in total. The van der Waals surface area contributed by atoms with Crippen LogP contribution in [0, 0.1) is 11.3 Å². The number of aliphatic hydroxyl groups is 1. The van der Waals surface area contributed by atoms with Crippen LogP contribution in [0.25, 0.3) is 0 Å². The summed E-state index contributed by atoms with van der Waals surface area (Å²) in [5, 5.41) is 19.3. The zero-order valence-corrected chi connectivity index (χ0v) is 12.9. The van der Waals surface area contributed by atoms with Crippen LogP contribution in [0.2, 0.25) is 0 Å². The van der Waals surface area contributed by atoms with Crippen molar-refractivity contribution in [2.24, 2.45) is 0 Å². The zero-order chi connectivity index (χ0) is 17.1. The Kier molecular flexibility index (Phi) is 4.41. The molecule has 0 fully saturated rings. The summed E-state index contributed by atoms with van der Waals surface area (Å²) in [5.74, 6) is -0.845. The highest BCUT2D eigenvalue weighted by Crippen LogP contribution is 2.27. The Labute approximate surface area is 139 Å². The summed E-state index contributed by atoms with van der Waals surface area (Å²) in [6.45, 7) is 0. The van der Waals surface area contributed by atoms with E-state index in [9.17, 15) is 14.7 Å². The number of rotatable bonds is 5. The highest BCUT2D eigenvalue weighted by Gasteiger charge is 2.42. The predicted molar refractivity (Wildman–Crippen MR) is 87.1 cm³/mol. The smallest absolute Gasteiger partial charge is 0.261 e. The van der Waals surface area contributed by atoms with Crippen molar-refractivity contribution in [2.75, 3.05) is 0 Å². The van der Waals surface area contributed by atoms with Crippen LogP contribution in [0.15, 0.2) is 54.6 Å². The van der Waals surface area contributed by atoms with Gasteiger partial charge in [-0.15, -0.1) is 0 Å². The number of amides is 2. The SMILES string of the molecule is N#CCC(O)C(Cc1ccccc1)N1C(=O)c2ccccc2C1=O. The highest BCUT2D eigenvalue weighted by atomic mass is 16.3. The average Bonchev–Trinajstić information content (AvgIpc) is 2.86. The Balaban J connectivity index is 1.96. The minimum Gasteiger partial charge on any atom is -0.390 e. The highest BCUT2D eigenvalue weighted by molar-refractivity contribution is 6.21. The third-order valence-corrected chi connectivity index (χ3v) is 4.19. The van der Waals surface area contributed by atoms with E-state index < -0.39 is 24.0 Å². The Morgan fingerprint density at radius 3 is 2.04 bits per heavy atom. The van der Waals surface area contributed by atoms with E-state index in [0.717, 1.165) is 10.5 Å². The Morgan fingerprint density at radius 1 is 0.958 bits per heavy atom. The predicted octanol–water partition coefficient (Wildman–Crippen LogP) is 2.17. The second kappa shape index (κ2) is 6.65. The summed E-state index contributed by atoms with van der Waals surface area (Å²) in [4.78, 5) is 26.4. The number of carbonyl (C=O) groups is 2. The van der Waals surface area contributed by atoms with Crippen LogP contribution < -0.4 is 0 Å². The number of hydrogen-bond donors (Lipinski definition) is 1. The first-order valence-electron chi connectivity index (χ1n) is 7.69. The van der Waals surface area contributed by atoms with E-state index in [4.69, 9.17) is 5.26 Å². The Bertz CT molecular complexity index is 776. The van der Waals surface area contributed by atoms with Gasteiger partial charge in [-0.25, -0.2) is 0 Å². The first kappa shape index (κ1) is 15.9. The van der Waals surface area contributed by atoms with E-state index in [1.54, 1.807) is 24.3 Å². The maximum absolute atomic E-state index is 12.7. The van der Waals surface area contributed by atoms with Crippen molar-refractivity contribution in [3.8, 4) is 6.07 Å². The second-order valence-electron chi connectivity index (χ2n) is 5.71. The second-order valence-corrected chi connectivity index (χ2v) is 5.71. The Morgan fingerprint density at radius 2 is 1.50 bits per heavy atom. The minimum atomic E-state index is -1.10. The number of benzene rings is 2. The fourth-order valence-corrected chi connectivity index (χ4v) is 2.99. The lowest BCUT2D eigenvalue weighted by Crippen LogP contribution is -2.48. The first-order valence-corrected chi connectivity index (χ1v) is 7.69. The molecule has 0 radical (unpaired) electrons. The van der Waals surface area contributed by atoms with Crippen molar-refractivity contribution in [3.63, 3.8) is 0 Å². The largest absolute Gasteiger partial charge is 0.390 e. The summed E-state index contributed by atoms with van der Waals surface area (Å²) < 4.78 is 0. The number of imide groups is 1. The summed E-state index contributed by atoms with van der Waals surface area (Å²) in [5.41, 5.74) is 1.56. The average molecular weight is 320 g/mol. The summed E-state index contributed by atoms with van der Waals surface area (Å²) in [6, 6.07) is 17.0. The molecule has 1 aliphatic heterocycles. The van der Waals surface area contributed by atoms with E-state index in [1.165, 1.54) is 0 Å². The van der Waals surface area contributed by atoms with Gasteiger partial charge in [0.1, 0.15) is 0 Å². The normalized spacial score (nSPS) is 15.8. The van der Waals surface area contributed by atoms with E-state index in [2.05, 4.69) is 0 Å². The topological polar surface area (TPSA) is 81.4 Å². The van der Waals surface area contributed by atoms with Crippen LogP contribution in [0.5, 0.6) is 0 Å². The molecule has 0 aromatic heterocycles. The van der Waals surface area contributed by atoms with Crippen LogP contribution in [-0.4, -0.2) is 34.0 Å². The summed E-state index contributed by atoms with van der Waals surface area (Å²) >= 11 is 0. The lowest BCUT2D eigenvalue weighted by molar-refractivity contribution is 0.0350. The lowest BCUT2D eigenvalue weighted by Gasteiger charge is -2.29. The molecule has 0 bridgehead atoms. The standard InChI is InChI=1S/C19H16N2O3/c20-11-10-17(22)16(12-13-6-2-1-3-7-13)21-18(23)14-8-4-5-9-15(14)19(21)24/h1-9,16-17,22H,10,12H2. The minimum absolute atomic E-state index is 0.148. The molecule has 24 heavy (non-hydrogen) atoms. The third kappa shape index (κ3) is 2.80. The van der Waals surface area contributed by atoms with Gasteiger partial charge in [-0.3, -0.25) is 14.5 Å². The van der Waals surface area contributed by atoms with E-state index in [1.807, 2.05) is 36.4 Å². The van der Waals surface area contributed by atoms with Crippen molar-refractivity contribution < 1.29 is 14.7 Å². The third-order valence-electron chi connectivity index (χ3n) is 4.19. The molecule has 1 heterocycles. The van der Waals surface area contributed by atoms with Gasteiger partial charge in [-0.2, -0.15) is 5.26 Å². The quantitative estimate of drug-likeness (QED) is 0.856. The van der Waals surface area contributed by atoms with Crippen molar-refractivity contribution in [1.82, 2.24) is 4.90 Å². The zero-order valence-electron chi connectivity index (χ0n) is 12.9. The molecule has 0 saturated heterocycles. The number of nitrogens with zero attached hydrogens (tertiary/aromatic N) is 2. The molecule has 2 aromatic rings. The lowest BCUT2D eigenvalue weighted by atomic mass is 9.98. The molecule has 1 aliphatic rings. The molecule has 1 N–H and O–H groups in total. The number of nitriles is 1. The van der Waals surface area contributed by atoms with Gasteiger partial charge >= 0.3 is 0 Å². The molecule has 3 rings (SSSR count). The molecule has 2 atom stereocenters. The fourth-order valence-electron chi connectivity index (χ4n) is 2.99. The number of carbonyl (C=O) groups excluding carboxylic acids is 2. The van der Waals surface area contributed by atoms with Gasteiger partial charge < -0.3 is 5.11 Å². The number of hydrogen-bond acceptors (Lipinski definition) is 4. The van der Waals surface area contributed by atoms with E-state index >= 15 is 0 Å². The summed E-state index contributed by atoms with van der Waals surface area (Å²) in [7, 11) is 0. The van der Waals surface area contributed by atoms with E-state index in [-0.39, 0.29) is 6.42 Å². The van der Waals surface area contributed by atoms with Gasteiger partial charge in [0.15, 0.2) is 0 Å². The van der Waals surface area contributed by atoms with Crippen LogP contribution in [-0.2, 0) is 6.42 Å². The van der Waals surface area contributed by atoms with Crippen LogP contribution >= 0.6 is 0 Å². The van der Waals surface area contributed by atoms with Gasteiger partial charge in [-0.05, 0) is 24.1 Å². The molecular formula is C19H16N2O3. The maximum Gasteiger partial charge on any atom is 0.261 e. The molecule has 2 aromatic carbocycles. The van der Waals surface area contributed by atoms with Crippen LogP contribution in [0.3, 0.4) is 0 Å². The molecule has 2 amide bonds. The molecule has 0 aliphatic carbocycles. The number of aliphatic hydroxyl groups excluding tert-OH is 1. The van der Waals surface area contributed by atoms with Crippen LogP contribution in [0.1, 0.15) is 32.7 Å². The van der Waals surface area contributed by atoms with Gasteiger partial charge in [0, 0.05) is 0 Å². The Hall–Kier alpha value is -2.97. The fraction of sp³-hybridized carbons (Fsp3) is 0.211. The number of fused-ring (bicyclic) bond motifs is 1. The van der Waals surface area contributed by atoms with Gasteiger partial charge in [0.25, 0.3) is 11.8 Å². The molecule has 120 valence electrons. The van der Waals surface area contributed by atoms with Crippen LogP contribution in [0.4, 0.5) is 0 Å². The van der Waals surface area contributed by atoms with Crippen molar-refractivity contribution in [3.05, 3.63) is 71.3 Å².